The fourth-order valence-corrected chi connectivity index (χ4v) is 2.22. The number of aliphatic carboxylic acids is 1. The quantitative estimate of drug-likeness (QED) is 0.481. The maximum Gasteiger partial charge on any atom is 0.309 e. The van der Waals surface area contributed by atoms with Crippen molar-refractivity contribution in [3.05, 3.63) is 11.6 Å². The van der Waals surface area contributed by atoms with Crippen molar-refractivity contribution in [2.75, 3.05) is 7.11 Å². The highest BCUT2D eigenvalue weighted by Gasteiger charge is 2.36. The SMILES string of the molecule is COC(=O)[C@@H]1CC(C)=C[C@H](C)[C@@H]1C(=O)[O-]. The Bertz CT molecular complexity index is 306. The lowest BCUT2D eigenvalue weighted by Gasteiger charge is -2.33. The zero-order valence-electron chi connectivity index (χ0n) is 9.15. The lowest BCUT2D eigenvalue weighted by Crippen LogP contribution is -2.44. The summed E-state index contributed by atoms with van der Waals surface area (Å²) in [6.07, 6.45) is 2.32. The minimum Gasteiger partial charge on any atom is -0.550 e. The molecule has 0 aromatic heterocycles. The first-order chi connectivity index (χ1) is 6.97. The summed E-state index contributed by atoms with van der Waals surface area (Å²) in [5.41, 5.74) is 1.02. The molecule has 1 aliphatic carbocycles. The first kappa shape index (κ1) is 11.8. The van der Waals surface area contributed by atoms with Crippen LogP contribution in [-0.4, -0.2) is 19.0 Å². The fourth-order valence-electron chi connectivity index (χ4n) is 2.22. The highest BCUT2D eigenvalue weighted by Crippen LogP contribution is 2.34. The van der Waals surface area contributed by atoms with Crippen molar-refractivity contribution in [1.82, 2.24) is 0 Å². The van der Waals surface area contributed by atoms with Crippen LogP contribution in [0.25, 0.3) is 0 Å². The standard InChI is InChI=1S/C11H16O4/c1-6-4-7(2)9(10(12)13)8(5-6)11(14)15-3/h4,7-9H,5H2,1-3H3,(H,12,13)/p-1/t7-,8+,9-/m0/s1. The molecule has 0 saturated carbocycles. The van der Waals surface area contributed by atoms with Gasteiger partial charge in [-0.2, -0.15) is 0 Å². The molecule has 1 aliphatic rings. The van der Waals surface area contributed by atoms with Crippen molar-refractivity contribution in [1.29, 1.82) is 0 Å². The zero-order chi connectivity index (χ0) is 11.6. The molecule has 3 atom stereocenters. The lowest BCUT2D eigenvalue weighted by molar-refractivity contribution is -0.314. The van der Waals surface area contributed by atoms with Gasteiger partial charge in [0.05, 0.1) is 13.0 Å². The van der Waals surface area contributed by atoms with Crippen molar-refractivity contribution in [3.8, 4) is 0 Å². The molecule has 0 fully saturated rings. The molecular formula is C11H15O4-. The number of esters is 1. The van der Waals surface area contributed by atoms with Gasteiger partial charge in [0.15, 0.2) is 0 Å². The Kier molecular flexibility index (Phi) is 3.50. The number of hydrogen-bond acceptors (Lipinski definition) is 4. The molecule has 0 aliphatic heterocycles. The largest absolute Gasteiger partial charge is 0.550 e. The zero-order valence-corrected chi connectivity index (χ0v) is 9.15. The predicted molar refractivity (Wildman–Crippen MR) is 51.5 cm³/mol. The van der Waals surface area contributed by atoms with E-state index in [0.717, 1.165) is 5.57 Å². The van der Waals surface area contributed by atoms with Crippen LogP contribution in [0.3, 0.4) is 0 Å². The van der Waals surface area contributed by atoms with E-state index in [1.165, 1.54) is 7.11 Å². The summed E-state index contributed by atoms with van der Waals surface area (Å²) in [4.78, 5) is 22.4. The number of rotatable bonds is 2. The van der Waals surface area contributed by atoms with Crippen LogP contribution in [0.4, 0.5) is 0 Å². The average Bonchev–Trinajstić information content (AvgIpc) is 2.14. The van der Waals surface area contributed by atoms with E-state index in [2.05, 4.69) is 4.74 Å². The molecule has 84 valence electrons. The highest BCUT2D eigenvalue weighted by atomic mass is 16.5. The Hall–Kier alpha value is -1.32. The van der Waals surface area contributed by atoms with Gasteiger partial charge in [-0.25, -0.2) is 0 Å². The Balaban J connectivity index is 2.97. The molecule has 0 unspecified atom stereocenters. The molecule has 15 heavy (non-hydrogen) atoms. The first-order valence-corrected chi connectivity index (χ1v) is 4.93. The molecule has 0 bridgehead atoms. The van der Waals surface area contributed by atoms with Gasteiger partial charge < -0.3 is 14.6 Å². The van der Waals surface area contributed by atoms with Crippen molar-refractivity contribution < 1.29 is 19.4 Å². The van der Waals surface area contributed by atoms with Crippen molar-refractivity contribution in [2.45, 2.75) is 20.3 Å². The van der Waals surface area contributed by atoms with E-state index in [1.807, 2.05) is 13.0 Å². The van der Waals surface area contributed by atoms with E-state index in [9.17, 15) is 14.7 Å². The summed E-state index contributed by atoms with van der Waals surface area (Å²) >= 11 is 0. The second-order valence-electron chi connectivity index (χ2n) is 4.05. The molecule has 0 amide bonds. The van der Waals surface area contributed by atoms with Crippen LogP contribution in [0.1, 0.15) is 20.3 Å². The van der Waals surface area contributed by atoms with Crippen LogP contribution in [-0.2, 0) is 14.3 Å². The summed E-state index contributed by atoms with van der Waals surface area (Å²) in [6, 6.07) is 0. The minimum absolute atomic E-state index is 0.187. The first-order valence-electron chi connectivity index (χ1n) is 4.93. The molecule has 0 saturated heterocycles. The predicted octanol–water partition coefficient (Wildman–Crippen LogP) is 0.128. The second-order valence-corrected chi connectivity index (χ2v) is 4.05. The molecule has 0 radical (unpaired) electrons. The van der Waals surface area contributed by atoms with E-state index in [4.69, 9.17) is 0 Å². The fraction of sp³-hybridized carbons (Fsp3) is 0.636. The summed E-state index contributed by atoms with van der Waals surface area (Å²) in [5, 5.41) is 11.0. The molecule has 0 heterocycles. The topological polar surface area (TPSA) is 66.4 Å². The minimum atomic E-state index is -1.18. The third kappa shape index (κ3) is 2.37. The number of allylic oxidation sites excluding steroid dienone is 2. The molecule has 4 nitrogen and oxygen atoms in total. The van der Waals surface area contributed by atoms with Gasteiger partial charge in [0.2, 0.25) is 0 Å². The van der Waals surface area contributed by atoms with E-state index < -0.39 is 23.8 Å². The molecule has 4 heteroatoms. The number of ether oxygens (including phenoxy) is 1. The lowest BCUT2D eigenvalue weighted by atomic mass is 9.74. The third-order valence-electron chi connectivity index (χ3n) is 2.87. The monoisotopic (exact) mass is 211 g/mol. The maximum atomic E-state index is 11.4. The van der Waals surface area contributed by atoms with Crippen LogP contribution in [0.5, 0.6) is 0 Å². The molecular weight excluding hydrogens is 196 g/mol. The van der Waals surface area contributed by atoms with Gasteiger partial charge in [0, 0.05) is 11.9 Å². The highest BCUT2D eigenvalue weighted by molar-refractivity contribution is 5.81. The van der Waals surface area contributed by atoms with Crippen LogP contribution in [0.15, 0.2) is 11.6 Å². The van der Waals surface area contributed by atoms with Crippen molar-refractivity contribution in [3.63, 3.8) is 0 Å². The summed E-state index contributed by atoms with van der Waals surface area (Å²) in [7, 11) is 1.27. The van der Waals surface area contributed by atoms with Crippen LogP contribution in [0.2, 0.25) is 0 Å². The molecule has 1 rings (SSSR count). The third-order valence-corrected chi connectivity index (χ3v) is 2.87. The maximum absolute atomic E-state index is 11.4. The Morgan fingerprint density at radius 1 is 1.53 bits per heavy atom. The molecule has 0 N–H and O–H groups in total. The van der Waals surface area contributed by atoms with Crippen molar-refractivity contribution >= 4 is 11.9 Å². The van der Waals surface area contributed by atoms with E-state index in [1.54, 1.807) is 6.92 Å². The average molecular weight is 211 g/mol. The normalized spacial score (nSPS) is 30.6. The van der Waals surface area contributed by atoms with E-state index >= 15 is 0 Å². The van der Waals surface area contributed by atoms with Crippen LogP contribution in [0, 0.1) is 17.8 Å². The second kappa shape index (κ2) is 4.47. The van der Waals surface area contributed by atoms with E-state index in [0.29, 0.717) is 6.42 Å². The van der Waals surface area contributed by atoms with Crippen LogP contribution < -0.4 is 5.11 Å². The van der Waals surface area contributed by atoms with Gasteiger partial charge in [-0.05, 0) is 19.3 Å². The van der Waals surface area contributed by atoms with Gasteiger partial charge in [-0.3, -0.25) is 4.79 Å². The van der Waals surface area contributed by atoms with E-state index in [-0.39, 0.29) is 5.92 Å². The number of carboxylic acid groups (broad SMARTS) is 1. The summed E-state index contributed by atoms with van der Waals surface area (Å²) < 4.78 is 4.61. The van der Waals surface area contributed by atoms with Gasteiger partial charge in [0.1, 0.15) is 0 Å². The molecule has 0 aromatic carbocycles. The number of carboxylic acids is 1. The summed E-state index contributed by atoms with van der Waals surface area (Å²) in [5.74, 6) is -3.22. The Morgan fingerprint density at radius 3 is 2.60 bits per heavy atom. The van der Waals surface area contributed by atoms with Crippen molar-refractivity contribution in [2.24, 2.45) is 17.8 Å². The smallest absolute Gasteiger partial charge is 0.309 e. The van der Waals surface area contributed by atoms with Gasteiger partial charge in [-0.1, -0.05) is 18.6 Å². The summed E-state index contributed by atoms with van der Waals surface area (Å²) in [6.45, 7) is 3.66. The van der Waals surface area contributed by atoms with Gasteiger partial charge >= 0.3 is 5.97 Å². The Labute approximate surface area is 88.9 Å². The number of methoxy groups -OCH3 is 1. The molecule has 0 spiro atoms. The van der Waals surface area contributed by atoms with Crippen LogP contribution >= 0.6 is 0 Å². The van der Waals surface area contributed by atoms with Gasteiger partial charge in [-0.15, -0.1) is 0 Å². The number of carbonyl (C=O) groups is 2. The number of carbonyl (C=O) groups excluding carboxylic acids is 2. The Morgan fingerprint density at radius 2 is 2.13 bits per heavy atom. The molecule has 0 aromatic rings. The number of hydrogen-bond donors (Lipinski definition) is 0. The van der Waals surface area contributed by atoms with Gasteiger partial charge in [0.25, 0.3) is 0 Å².